The van der Waals surface area contributed by atoms with Crippen LogP contribution in [0.4, 0.5) is 0 Å². The summed E-state index contributed by atoms with van der Waals surface area (Å²) in [6.07, 6.45) is 5.27. The van der Waals surface area contributed by atoms with Crippen LogP contribution in [0.5, 0.6) is 0 Å². The summed E-state index contributed by atoms with van der Waals surface area (Å²) >= 11 is 0. The lowest BCUT2D eigenvalue weighted by Crippen LogP contribution is -2.42. The second-order valence-corrected chi connectivity index (χ2v) is 4.44. The van der Waals surface area contributed by atoms with Crippen molar-refractivity contribution in [2.45, 2.75) is 50.2 Å². The Morgan fingerprint density at radius 3 is 2.73 bits per heavy atom. The Bertz CT molecular complexity index is 227. The second-order valence-electron chi connectivity index (χ2n) is 4.44. The molecule has 2 saturated heterocycles. The van der Waals surface area contributed by atoms with Crippen LogP contribution in [-0.2, 0) is 14.3 Å². The smallest absolute Gasteiger partial charge is 0.336 e. The molecule has 4 nitrogen and oxygen atoms in total. The maximum atomic E-state index is 11.2. The molecule has 0 radical (unpaired) electrons. The van der Waals surface area contributed by atoms with E-state index in [9.17, 15) is 9.90 Å². The summed E-state index contributed by atoms with van der Waals surface area (Å²) < 4.78 is 11.0. The van der Waals surface area contributed by atoms with E-state index in [2.05, 4.69) is 0 Å². The van der Waals surface area contributed by atoms with E-state index >= 15 is 0 Å². The molecule has 2 atom stereocenters. The fourth-order valence-corrected chi connectivity index (χ4v) is 2.45. The highest BCUT2D eigenvalue weighted by Gasteiger charge is 2.44. The average Bonchev–Trinajstić information content (AvgIpc) is 2.69. The van der Waals surface area contributed by atoms with Crippen LogP contribution in [0.25, 0.3) is 0 Å². The van der Waals surface area contributed by atoms with Crippen molar-refractivity contribution in [2.75, 3.05) is 13.2 Å². The third-order valence-electron chi connectivity index (χ3n) is 3.32. The van der Waals surface area contributed by atoms with Crippen molar-refractivity contribution in [2.24, 2.45) is 0 Å². The molecule has 86 valence electrons. The van der Waals surface area contributed by atoms with E-state index in [-0.39, 0.29) is 6.10 Å². The number of rotatable bonds is 3. The van der Waals surface area contributed by atoms with Gasteiger partial charge in [-0.3, -0.25) is 0 Å². The van der Waals surface area contributed by atoms with E-state index in [1.807, 2.05) is 0 Å². The van der Waals surface area contributed by atoms with Crippen molar-refractivity contribution in [3.8, 4) is 0 Å². The Labute approximate surface area is 89.6 Å². The molecule has 0 amide bonds. The quantitative estimate of drug-likeness (QED) is 0.775. The van der Waals surface area contributed by atoms with Gasteiger partial charge in [-0.1, -0.05) is 0 Å². The fraction of sp³-hybridized carbons (Fsp3) is 0.909. The molecular formula is C11H18O4. The molecule has 2 fully saturated rings. The molecule has 2 unspecified atom stereocenters. The third kappa shape index (κ3) is 2.32. The normalized spacial score (nSPS) is 36.7. The van der Waals surface area contributed by atoms with Crippen LogP contribution in [0.1, 0.15) is 38.5 Å². The number of hydrogen-bond acceptors (Lipinski definition) is 3. The summed E-state index contributed by atoms with van der Waals surface area (Å²) in [6.45, 7) is 1.33. The minimum absolute atomic E-state index is 0.0768. The van der Waals surface area contributed by atoms with Gasteiger partial charge in [0, 0.05) is 19.6 Å². The number of carboxylic acids is 1. The first kappa shape index (κ1) is 10.9. The van der Waals surface area contributed by atoms with Gasteiger partial charge in [0.15, 0.2) is 5.60 Å². The summed E-state index contributed by atoms with van der Waals surface area (Å²) in [5.41, 5.74) is -0.956. The topological polar surface area (TPSA) is 55.8 Å². The molecule has 2 heterocycles. The lowest BCUT2D eigenvalue weighted by atomic mass is 9.90. The number of hydrogen-bond donors (Lipinski definition) is 1. The maximum Gasteiger partial charge on any atom is 0.336 e. The summed E-state index contributed by atoms with van der Waals surface area (Å²) in [4.78, 5) is 11.2. The second kappa shape index (κ2) is 4.49. The van der Waals surface area contributed by atoms with E-state index in [1.165, 1.54) is 0 Å². The van der Waals surface area contributed by atoms with Gasteiger partial charge in [-0.25, -0.2) is 4.79 Å². The van der Waals surface area contributed by atoms with Crippen molar-refractivity contribution < 1.29 is 19.4 Å². The zero-order valence-electron chi connectivity index (χ0n) is 8.91. The first-order chi connectivity index (χ1) is 7.23. The molecular weight excluding hydrogens is 196 g/mol. The highest BCUT2D eigenvalue weighted by atomic mass is 16.5. The van der Waals surface area contributed by atoms with Gasteiger partial charge in [0.1, 0.15) is 0 Å². The number of carboxylic acid groups (broad SMARTS) is 1. The predicted molar refractivity (Wildman–Crippen MR) is 53.8 cm³/mol. The highest BCUT2D eigenvalue weighted by Crippen LogP contribution is 2.33. The molecule has 0 saturated carbocycles. The van der Waals surface area contributed by atoms with Crippen molar-refractivity contribution in [3.63, 3.8) is 0 Å². The predicted octanol–water partition coefficient (Wildman–Crippen LogP) is 1.58. The monoisotopic (exact) mass is 214 g/mol. The van der Waals surface area contributed by atoms with E-state index in [1.54, 1.807) is 0 Å². The number of ether oxygens (including phenoxy) is 2. The Morgan fingerprint density at radius 2 is 2.20 bits per heavy atom. The molecule has 2 rings (SSSR count). The van der Waals surface area contributed by atoms with Crippen molar-refractivity contribution >= 4 is 5.97 Å². The van der Waals surface area contributed by atoms with Crippen LogP contribution in [0.3, 0.4) is 0 Å². The van der Waals surface area contributed by atoms with Crippen LogP contribution >= 0.6 is 0 Å². The summed E-state index contributed by atoms with van der Waals surface area (Å²) in [7, 11) is 0. The molecule has 1 N–H and O–H groups in total. The molecule has 0 aromatic heterocycles. The summed E-state index contributed by atoms with van der Waals surface area (Å²) in [5.74, 6) is -0.825. The van der Waals surface area contributed by atoms with Gasteiger partial charge in [-0.15, -0.1) is 0 Å². The molecule has 2 aliphatic heterocycles. The van der Waals surface area contributed by atoms with Gasteiger partial charge in [0.25, 0.3) is 0 Å². The minimum Gasteiger partial charge on any atom is -0.479 e. The van der Waals surface area contributed by atoms with Crippen LogP contribution in [0.15, 0.2) is 0 Å². The van der Waals surface area contributed by atoms with E-state index in [0.717, 1.165) is 32.3 Å². The van der Waals surface area contributed by atoms with Gasteiger partial charge in [-0.05, 0) is 32.1 Å². The van der Waals surface area contributed by atoms with Crippen LogP contribution in [0.2, 0.25) is 0 Å². The first-order valence-corrected chi connectivity index (χ1v) is 5.72. The van der Waals surface area contributed by atoms with Gasteiger partial charge in [-0.2, -0.15) is 0 Å². The van der Waals surface area contributed by atoms with Crippen LogP contribution in [-0.4, -0.2) is 36.0 Å². The Kier molecular flexibility index (Phi) is 3.26. The molecule has 0 bridgehead atoms. The summed E-state index contributed by atoms with van der Waals surface area (Å²) in [5, 5.41) is 9.21. The SMILES string of the molecule is O=C(O)C1(CC2CCCCO2)CCCO1. The van der Waals surface area contributed by atoms with Crippen molar-refractivity contribution in [3.05, 3.63) is 0 Å². The van der Waals surface area contributed by atoms with Crippen LogP contribution < -0.4 is 0 Å². The minimum atomic E-state index is -0.956. The Hall–Kier alpha value is -0.610. The first-order valence-electron chi connectivity index (χ1n) is 5.72. The molecule has 2 aliphatic rings. The maximum absolute atomic E-state index is 11.2. The lowest BCUT2D eigenvalue weighted by Gasteiger charge is -2.30. The molecule has 0 spiro atoms. The lowest BCUT2D eigenvalue weighted by molar-refractivity contribution is -0.165. The third-order valence-corrected chi connectivity index (χ3v) is 3.32. The summed E-state index contributed by atoms with van der Waals surface area (Å²) in [6, 6.07) is 0. The number of aliphatic carboxylic acids is 1. The van der Waals surface area contributed by atoms with Crippen LogP contribution in [0, 0.1) is 0 Å². The standard InChI is InChI=1S/C11H18O4/c12-10(13)11(5-3-7-15-11)8-9-4-1-2-6-14-9/h9H,1-8H2,(H,12,13). The zero-order chi connectivity index (χ0) is 10.7. The van der Waals surface area contributed by atoms with Crippen molar-refractivity contribution in [1.82, 2.24) is 0 Å². The average molecular weight is 214 g/mol. The Balaban J connectivity index is 1.96. The molecule has 0 aliphatic carbocycles. The van der Waals surface area contributed by atoms with Gasteiger partial charge in [0.05, 0.1) is 6.10 Å². The Morgan fingerprint density at radius 1 is 1.33 bits per heavy atom. The number of carbonyl (C=O) groups is 1. The van der Waals surface area contributed by atoms with Gasteiger partial charge < -0.3 is 14.6 Å². The van der Waals surface area contributed by atoms with E-state index in [0.29, 0.717) is 19.4 Å². The molecule has 0 aromatic rings. The van der Waals surface area contributed by atoms with E-state index in [4.69, 9.17) is 9.47 Å². The fourth-order valence-electron chi connectivity index (χ4n) is 2.45. The molecule has 0 aromatic carbocycles. The highest BCUT2D eigenvalue weighted by molar-refractivity contribution is 5.77. The van der Waals surface area contributed by atoms with Gasteiger partial charge in [0.2, 0.25) is 0 Å². The zero-order valence-corrected chi connectivity index (χ0v) is 8.91. The van der Waals surface area contributed by atoms with Gasteiger partial charge >= 0.3 is 5.97 Å². The van der Waals surface area contributed by atoms with Crippen molar-refractivity contribution in [1.29, 1.82) is 0 Å². The largest absolute Gasteiger partial charge is 0.479 e. The molecule has 15 heavy (non-hydrogen) atoms. The van der Waals surface area contributed by atoms with E-state index < -0.39 is 11.6 Å². The molecule has 4 heteroatoms.